The Morgan fingerprint density at radius 1 is 1.33 bits per heavy atom. The van der Waals surface area contributed by atoms with Gasteiger partial charge in [0.2, 0.25) is 0 Å². The molecule has 2 bridgehead atoms. The summed E-state index contributed by atoms with van der Waals surface area (Å²) >= 11 is 0. The number of esters is 1. The Kier molecular flexibility index (Phi) is 4.78. The topological polar surface area (TPSA) is 55.8 Å². The molecule has 18 heavy (non-hydrogen) atoms. The fraction of sp³-hybridized carbons (Fsp3) is 0.786. The zero-order chi connectivity index (χ0) is 13.0. The van der Waals surface area contributed by atoms with Gasteiger partial charge in [-0.05, 0) is 39.0 Å². The fourth-order valence-electron chi connectivity index (χ4n) is 2.50. The van der Waals surface area contributed by atoms with E-state index in [-0.39, 0.29) is 24.6 Å². The average Bonchev–Trinajstić information content (AvgIpc) is 2.31. The third kappa shape index (κ3) is 3.82. The van der Waals surface area contributed by atoms with Crippen LogP contribution in [0.4, 0.5) is 0 Å². The highest BCUT2D eigenvalue weighted by Crippen LogP contribution is 2.24. The zero-order valence-electron chi connectivity index (χ0n) is 10.9. The summed E-state index contributed by atoms with van der Waals surface area (Å²) in [7, 11) is 0. The van der Waals surface area contributed by atoms with Crippen LogP contribution < -0.4 is 0 Å². The SMILES string of the molecule is C[C@@H]1CCC/C=C\[C@@H]2CC[C@H](O)[C@H](CC(=O)O1)O2. The summed E-state index contributed by atoms with van der Waals surface area (Å²) in [6, 6.07) is 0. The maximum Gasteiger partial charge on any atom is 0.308 e. The van der Waals surface area contributed by atoms with Crippen LogP contribution in [0.1, 0.15) is 45.4 Å². The van der Waals surface area contributed by atoms with Crippen molar-refractivity contribution in [3.63, 3.8) is 0 Å². The van der Waals surface area contributed by atoms with E-state index in [1.54, 1.807) is 0 Å². The van der Waals surface area contributed by atoms with Crippen molar-refractivity contribution in [3.05, 3.63) is 12.2 Å². The van der Waals surface area contributed by atoms with Crippen molar-refractivity contribution in [1.82, 2.24) is 0 Å². The normalized spacial score (nSPS) is 40.2. The third-order valence-electron chi connectivity index (χ3n) is 3.56. The van der Waals surface area contributed by atoms with Crippen LogP contribution in [0.2, 0.25) is 0 Å². The predicted octanol–water partition coefficient (Wildman–Crippen LogP) is 1.96. The minimum Gasteiger partial charge on any atom is -0.463 e. The lowest BCUT2D eigenvalue weighted by molar-refractivity contribution is -0.160. The number of aliphatic hydroxyl groups excluding tert-OH is 1. The molecule has 0 aliphatic carbocycles. The summed E-state index contributed by atoms with van der Waals surface area (Å²) in [5, 5.41) is 9.85. The molecule has 0 aromatic rings. The molecule has 0 aromatic carbocycles. The maximum atomic E-state index is 11.7. The third-order valence-corrected chi connectivity index (χ3v) is 3.56. The number of hydrogen-bond donors (Lipinski definition) is 1. The van der Waals surface area contributed by atoms with E-state index < -0.39 is 12.2 Å². The van der Waals surface area contributed by atoms with E-state index in [1.165, 1.54) is 0 Å². The van der Waals surface area contributed by atoms with Crippen LogP contribution >= 0.6 is 0 Å². The molecule has 2 rings (SSSR count). The number of rotatable bonds is 0. The number of allylic oxidation sites excluding steroid dienone is 1. The van der Waals surface area contributed by atoms with E-state index in [1.807, 2.05) is 6.92 Å². The smallest absolute Gasteiger partial charge is 0.308 e. The van der Waals surface area contributed by atoms with E-state index in [9.17, 15) is 9.90 Å². The molecule has 2 heterocycles. The Balaban J connectivity index is 2.03. The van der Waals surface area contributed by atoms with E-state index in [0.29, 0.717) is 6.42 Å². The maximum absolute atomic E-state index is 11.7. The number of carbonyl (C=O) groups excluding carboxylic acids is 1. The molecule has 2 aliphatic heterocycles. The Morgan fingerprint density at radius 2 is 2.17 bits per heavy atom. The molecule has 1 N–H and O–H groups in total. The summed E-state index contributed by atoms with van der Waals surface area (Å²) in [5.41, 5.74) is 0. The van der Waals surface area contributed by atoms with Gasteiger partial charge in [0, 0.05) is 0 Å². The van der Waals surface area contributed by atoms with Gasteiger partial charge in [-0.15, -0.1) is 0 Å². The highest BCUT2D eigenvalue weighted by atomic mass is 16.5. The lowest BCUT2D eigenvalue weighted by Gasteiger charge is -2.32. The summed E-state index contributed by atoms with van der Waals surface area (Å²) in [5.74, 6) is -0.267. The number of hydrogen-bond acceptors (Lipinski definition) is 4. The van der Waals surface area contributed by atoms with Gasteiger partial charge in [0.05, 0.1) is 30.8 Å². The van der Waals surface area contributed by atoms with E-state index in [0.717, 1.165) is 25.7 Å². The van der Waals surface area contributed by atoms with Crippen molar-refractivity contribution in [1.29, 1.82) is 0 Å². The Morgan fingerprint density at radius 3 is 3.00 bits per heavy atom. The van der Waals surface area contributed by atoms with Crippen LogP contribution in [0.15, 0.2) is 12.2 Å². The van der Waals surface area contributed by atoms with Crippen molar-refractivity contribution in [2.75, 3.05) is 0 Å². The summed E-state index contributed by atoms with van der Waals surface area (Å²) in [4.78, 5) is 11.7. The molecule has 1 saturated heterocycles. The van der Waals surface area contributed by atoms with Crippen LogP contribution in [0, 0.1) is 0 Å². The molecule has 2 aliphatic rings. The first kappa shape index (κ1) is 13.6. The van der Waals surface area contributed by atoms with Crippen molar-refractivity contribution >= 4 is 5.97 Å². The highest BCUT2D eigenvalue weighted by molar-refractivity contribution is 5.70. The predicted molar refractivity (Wildman–Crippen MR) is 67.1 cm³/mol. The number of aliphatic hydroxyl groups is 1. The second-order valence-electron chi connectivity index (χ2n) is 5.22. The van der Waals surface area contributed by atoms with Gasteiger partial charge in [-0.25, -0.2) is 0 Å². The lowest BCUT2D eigenvalue weighted by Crippen LogP contribution is -2.40. The van der Waals surface area contributed by atoms with Gasteiger partial charge < -0.3 is 14.6 Å². The van der Waals surface area contributed by atoms with Crippen LogP contribution in [0.5, 0.6) is 0 Å². The molecule has 0 unspecified atom stereocenters. The van der Waals surface area contributed by atoms with Crippen molar-refractivity contribution in [2.24, 2.45) is 0 Å². The number of ether oxygens (including phenoxy) is 2. The molecule has 0 radical (unpaired) electrons. The monoisotopic (exact) mass is 254 g/mol. The van der Waals surface area contributed by atoms with Crippen molar-refractivity contribution < 1.29 is 19.4 Å². The first-order valence-electron chi connectivity index (χ1n) is 6.85. The van der Waals surface area contributed by atoms with E-state index in [4.69, 9.17) is 9.47 Å². The van der Waals surface area contributed by atoms with E-state index >= 15 is 0 Å². The van der Waals surface area contributed by atoms with Gasteiger partial charge in [0.15, 0.2) is 0 Å². The fourth-order valence-corrected chi connectivity index (χ4v) is 2.50. The van der Waals surface area contributed by atoms with Crippen molar-refractivity contribution in [3.8, 4) is 0 Å². The molecule has 4 heteroatoms. The van der Waals surface area contributed by atoms with Gasteiger partial charge in [-0.3, -0.25) is 4.79 Å². The Hall–Kier alpha value is -0.870. The number of fused-ring (bicyclic) bond motifs is 2. The van der Waals surface area contributed by atoms with Gasteiger partial charge in [0.1, 0.15) is 0 Å². The first-order valence-corrected chi connectivity index (χ1v) is 6.85. The molecular formula is C14H22O4. The standard InChI is InChI=1S/C14H22O4/c1-10-5-3-2-4-6-11-7-8-12(15)13(18-11)9-14(16)17-10/h4,6,10-13,15H,2-3,5,7-9H2,1H3/b6-4-/t10-,11-,12+,13+/m1/s1. The van der Waals surface area contributed by atoms with E-state index in [2.05, 4.69) is 12.2 Å². The molecule has 0 saturated carbocycles. The number of carbonyl (C=O) groups is 1. The Labute approximate surface area is 108 Å². The minimum atomic E-state index is -0.555. The molecule has 102 valence electrons. The van der Waals surface area contributed by atoms with Gasteiger partial charge in [0.25, 0.3) is 0 Å². The molecule has 4 nitrogen and oxygen atoms in total. The summed E-state index contributed by atoms with van der Waals surface area (Å²) < 4.78 is 11.0. The molecule has 1 fully saturated rings. The second kappa shape index (κ2) is 6.34. The second-order valence-corrected chi connectivity index (χ2v) is 5.22. The van der Waals surface area contributed by atoms with Crippen LogP contribution in [-0.2, 0) is 14.3 Å². The molecule has 0 amide bonds. The molecule has 0 aromatic heterocycles. The first-order chi connectivity index (χ1) is 8.65. The Bertz CT molecular complexity index is 313. The lowest BCUT2D eigenvalue weighted by atomic mass is 9.98. The summed E-state index contributed by atoms with van der Waals surface area (Å²) in [6.07, 6.45) is 7.73. The molecular weight excluding hydrogens is 232 g/mol. The largest absolute Gasteiger partial charge is 0.463 e. The zero-order valence-corrected chi connectivity index (χ0v) is 10.9. The highest BCUT2D eigenvalue weighted by Gasteiger charge is 2.31. The van der Waals surface area contributed by atoms with Gasteiger partial charge in [-0.1, -0.05) is 12.2 Å². The average molecular weight is 254 g/mol. The van der Waals surface area contributed by atoms with Crippen LogP contribution in [-0.4, -0.2) is 35.5 Å². The van der Waals surface area contributed by atoms with Crippen LogP contribution in [0.3, 0.4) is 0 Å². The number of cyclic esters (lactones) is 1. The molecule has 4 atom stereocenters. The van der Waals surface area contributed by atoms with Crippen molar-refractivity contribution in [2.45, 2.75) is 69.9 Å². The van der Waals surface area contributed by atoms with Gasteiger partial charge in [-0.2, -0.15) is 0 Å². The van der Waals surface area contributed by atoms with Crippen LogP contribution in [0.25, 0.3) is 0 Å². The quantitative estimate of drug-likeness (QED) is 0.530. The summed E-state index contributed by atoms with van der Waals surface area (Å²) in [6.45, 7) is 1.91. The minimum absolute atomic E-state index is 0.0306. The molecule has 0 spiro atoms. The van der Waals surface area contributed by atoms with Gasteiger partial charge >= 0.3 is 5.97 Å².